The van der Waals surface area contributed by atoms with E-state index in [0.29, 0.717) is 11.8 Å². The van der Waals surface area contributed by atoms with Crippen molar-refractivity contribution >= 4 is 21.8 Å². The van der Waals surface area contributed by atoms with E-state index in [4.69, 9.17) is 0 Å². The third-order valence-corrected chi connectivity index (χ3v) is 2.79. The molecule has 1 fully saturated rings. The second-order valence-corrected chi connectivity index (χ2v) is 4.26. The summed E-state index contributed by atoms with van der Waals surface area (Å²) in [4.78, 5) is 11.2. The molecule has 1 rings (SSSR count). The number of aliphatic hydroxyl groups is 1. The molecule has 13 heavy (non-hydrogen) atoms. The highest BCUT2D eigenvalue weighted by Crippen LogP contribution is 2.18. The molecule has 3 nitrogen and oxygen atoms in total. The number of carbonyl (C=O) groups excluding carboxylic acids is 1. The van der Waals surface area contributed by atoms with Crippen LogP contribution < -0.4 is 5.32 Å². The summed E-state index contributed by atoms with van der Waals surface area (Å²) in [6.07, 6.45) is 4.06. The van der Waals surface area contributed by atoms with Crippen LogP contribution >= 0.6 is 15.9 Å². The molecule has 0 aromatic heterocycles. The van der Waals surface area contributed by atoms with Crippen molar-refractivity contribution in [2.75, 3.05) is 5.33 Å². The Balaban J connectivity index is 2.29. The first kappa shape index (κ1) is 11.0. The van der Waals surface area contributed by atoms with E-state index in [1.54, 1.807) is 0 Å². The van der Waals surface area contributed by atoms with Gasteiger partial charge in [-0.25, -0.2) is 0 Å². The van der Waals surface area contributed by atoms with Gasteiger partial charge < -0.3 is 10.4 Å². The SMILES string of the molecule is O=C(CCBr)NC1CCCCC1O. The van der Waals surface area contributed by atoms with Crippen LogP contribution in [0.3, 0.4) is 0 Å². The molecule has 0 heterocycles. The number of halogens is 1. The summed E-state index contributed by atoms with van der Waals surface area (Å²) in [6, 6.07) is -0.0136. The van der Waals surface area contributed by atoms with Crippen LogP contribution in [0, 0.1) is 0 Å². The predicted molar refractivity (Wildman–Crippen MR) is 54.8 cm³/mol. The van der Waals surface area contributed by atoms with E-state index in [1.165, 1.54) is 0 Å². The number of amides is 1. The summed E-state index contributed by atoms with van der Waals surface area (Å²) < 4.78 is 0. The number of hydrogen-bond donors (Lipinski definition) is 2. The monoisotopic (exact) mass is 249 g/mol. The van der Waals surface area contributed by atoms with Gasteiger partial charge in [0.25, 0.3) is 0 Å². The van der Waals surface area contributed by atoms with E-state index in [9.17, 15) is 9.90 Å². The Bertz CT molecular complexity index is 175. The fraction of sp³-hybridized carbons (Fsp3) is 0.889. The van der Waals surface area contributed by atoms with Gasteiger partial charge in [-0.3, -0.25) is 4.79 Å². The van der Waals surface area contributed by atoms with Gasteiger partial charge in [-0.05, 0) is 12.8 Å². The minimum absolute atomic E-state index is 0.0136. The fourth-order valence-corrected chi connectivity index (χ4v) is 2.00. The molecule has 0 spiro atoms. The highest BCUT2D eigenvalue weighted by Gasteiger charge is 2.23. The number of alkyl halides is 1. The van der Waals surface area contributed by atoms with Crippen molar-refractivity contribution in [3.63, 3.8) is 0 Å². The average molecular weight is 250 g/mol. The van der Waals surface area contributed by atoms with Crippen LogP contribution in [0.4, 0.5) is 0 Å². The minimum Gasteiger partial charge on any atom is -0.391 e. The molecular weight excluding hydrogens is 234 g/mol. The van der Waals surface area contributed by atoms with Gasteiger partial charge in [0.05, 0.1) is 12.1 Å². The number of rotatable bonds is 3. The summed E-state index contributed by atoms with van der Waals surface area (Å²) in [5.41, 5.74) is 0. The largest absolute Gasteiger partial charge is 0.391 e. The van der Waals surface area contributed by atoms with E-state index < -0.39 is 0 Å². The maximum atomic E-state index is 11.2. The number of carbonyl (C=O) groups is 1. The Kier molecular flexibility index (Phi) is 4.73. The zero-order valence-electron chi connectivity index (χ0n) is 7.63. The molecule has 1 amide bonds. The summed E-state index contributed by atoms with van der Waals surface area (Å²) >= 11 is 3.21. The minimum atomic E-state index is -0.340. The molecule has 2 unspecified atom stereocenters. The standard InChI is InChI=1S/C9H16BrNO2/c10-6-5-9(13)11-7-3-1-2-4-8(7)12/h7-8,12H,1-6H2,(H,11,13). The molecule has 0 radical (unpaired) electrons. The van der Waals surface area contributed by atoms with Gasteiger partial charge in [0.15, 0.2) is 0 Å². The van der Waals surface area contributed by atoms with Crippen LogP contribution in [0.15, 0.2) is 0 Å². The van der Waals surface area contributed by atoms with Crippen molar-refractivity contribution in [3.8, 4) is 0 Å². The lowest BCUT2D eigenvalue weighted by atomic mass is 9.92. The van der Waals surface area contributed by atoms with E-state index in [-0.39, 0.29) is 18.1 Å². The van der Waals surface area contributed by atoms with Gasteiger partial charge in [-0.1, -0.05) is 28.8 Å². The predicted octanol–water partition coefficient (Wildman–Crippen LogP) is 1.19. The molecule has 1 aliphatic carbocycles. The van der Waals surface area contributed by atoms with Crippen molar-refractivity contribution in [3.05, 3.63) is 0 Å². The van der Waals surface area contributed by atoms with Gasteiger partial charge in [-0.2, -0.15) is 0 Å². The summed E-state index contributed by atoms with van der Waals surface area (Å²) in [6.45, 7) is 0. The highest BCUT2D eigenvalue weighted by atomic mass is 79.9. The zero-order valence-corrected chi connectivity index (χ0v) is 9.22. The van der Waals surface area contributed by atoms with Crippen LogP contribution in [0.25, 0.3) is 0 Å². The van der Waals surface area contributed by atoms with E-state index in [0.717, 1.165) is 25.7 Å². The molecule has 0 aliphatic heterocycles. The van der Waals surface area contributed by atoms with Gasteiger partial charge in [0.2, 0.25) is 5.91 Å². The summed E-state index contributed by atoms with van der Waals surface area (Å²) in [5.74, 6) is 0.0304. The van der Waals surface area contributed by atoms with Gasteiger partial charge >= 0.3 is 0 Å². The van der Waals surface area contributed by atoms with E-state index in [1.807, 2.05) is 0 Å². The number of nitrogens with one attached hydrogen (secondary N) is 1. The molecule has 0 aromatic rings. The first-order valence-electron chi connectivity index (χ1n) is 4.77. The Hall–Kier alpha value is -0.0900. The first-order chi connectivity index (χ1) is 6.24. The van der Waals surface area contributed by atoms with Crippen LogP contribution in [-0.2, 0) is 4.79 Å². The lowest BCUT2D eigenvalue weighted by Crippen LogP contribution is -2.45. The van der Waals surface area contributed by atoms with Gasteiger partial charge in [0, 0.05) is 11.8 Å². The molecular formula is C9H16BrNO2. The zero-order chi connectivity index (χ0) is 9.68. The Labute approximate surface area is 87.0 Å². The molecule has 1 aliphatic rings. The molecule has 2 N–H and O–H groups in total. The van der Waals surface area contributed by atoms with E-state index in [2.05, 4.69) is 21.2 Å². The Morgan fingerprint density at radius 2 is 2.15 bits per heavy atom. The van der Waals surface area contributed by atoms with Crippen molar-refractivity contribution in [2.45, 2.75) is 44.2 Å². The van der Waals surface area contributed by atoms with Crippen LogP contribution in [-0.4, -0.2) is 28.5 Å². The number of hydrogen-bond acceptors (Lipinski definition) is 2. The van der Waals surface area contributed by atoms with Crippen molar-refractivity contribution in [2.24, 2.45) is 0 Å². The van der Waals surface area contributed by atoms with Crippen LogP contribution in [0.2, 0.25) is 0 Å². The maximum Gasteiger partial charge on any atom is 0.221 e. The summed E-state index contributed by atoms with van der Waals surface area (Å²) in [7, 11) is 0. The lowest BCUT2D eigenvalue weighted by Gasteiger charge is -2.28. The van der Waals surface area contributed by atoms with E-state index >= 15 is 0 Å². The van der Waals surface area contributed by atoms with Crippen LogP contribution in [0.1, 0.15) is 32.1 Å². The van der Waals surface area contributed by atoms with Crippen molar-refractivity contribution in [1.82, 2.24) is 5.32 Å². The summed E-state index contributed by atoms with van der Waals surface area (Å²) in [5, 5.41) is 13.1. The fourth-order valence-electron chi connectivity index (χ4n) is 1.64. The van der Waals surface area contributed by atoms with Crippen molar-refractivity contribution in [1.29, 1.82) is 0 Å². The molecule has 0 saturated heterocycles. The maximum absolute atomic E-state index is 11.2. The first-order valence-corrected chi connectivity index (χ1v) is 5.89. The Morgan fingerprint density at radius 3 is 2.77 bits per heavy atom. The average Bonchev–Trinajstić information content (AvgIpc) is 2.09. The molecule has 1 saturated carbocycles. The topological polar surface area (TPSA) is 49.3 Å². The molecule has 2 atom stereocenters. The molecule has 4 heteroatoms. The van der Waals surface area contributed by atoms with Crippen molar-refractivity contribution < 1.29 is 9.90 Å². The van der Waals surface area contributed by atoms with Crippen LogP contribution in [0.5, 0.6) is 0 Å². The smallest absolute Gasteiger partial charge is 0.221 e. The Morgan fingerprint density at radius 1 is 1.46 bits per heavy atom. The highest BCUT2D eigenvalue weighted by molar-refractivity contribution is 9.09. The molecule has 0 aromatic carbocycles. The third kappa shape index (κ3) is 3.65. The van der Waals surface area contributed by atoms with Gasteiger partial charge in [0.1, 0.15) is 0 Å². The normalized spacial score (nSPS) is 28.5. The quantitative estimate of drug-likeness (QED) is 0.739. The molecule has 76 valence electrons. The molecule has 0 bridgehead atoms. The second-order valence-electron chi connectivity index (χ2n) is 3.46. The second kappa shape index (κ2) is 5.60. The lowest BCUT2D eigenvalue weighted by molar-refractivity contribution is -0.122. The third-order valence-electron chi connectivity index (χ3n) is 2.40. The van der Waals surface area contributed by atoms with Gasteiger partial charge in [-0.15, -0.1) is 0 Å². The number of aliphatic hydroxyl groups excluding tert-OH is 1.